The number of fused-ring (bicyclic) bond motifs is 1. The second-order valence-corrected chi connectivity index (χ2v) is 7.73. The molecular weight excluding hydrogens is 352 g/mol. The van der Waals surface area contributed by atoms with Crippen LogP contribution in [0.2, 0.25) is 0 Å². The smallest absolute Gasteiger partial charge is 0.263 e. The summed E-state index contributed by atoms with van der Waals surface area (Å²) in [6.07, 6.45) is 11.7. The van der Waals surface area contributed by atoms with Gasteiger partial charge in [-0.25, -0.2) is 0 Å². The van der Waals surface area contributed by atoms with Gasteiger partial charge in [0.05, 0.1) is 12.6 Å². The average molecular weight is 385 g/mol. The summed E-state index contributed by atoms with van der Waals surface area (Å²) in [7, 11) is 1.60. The fraction of sp³-hybridized carbons (Fsp3) is 0.565. The molecule has 0 amide bonds. The molecule has 1 saturated carbocycles. The normalized spacial score (nSPS) is 15.5. The maximum atomic E-state index is 13.2. The summed E-state index contributed by atoms with van der Waals surface area (Å²) in [6.45, 7) is 2.82. The third kappa shape index (κ3) is 4.57. The Bertz CT molecular complexity index is 880. The molecule has 3 rings (SSSR count). The Morgan fingerprint density at radius 1 is 1.21 bits per heavy atom. The molecule has 0 saturated heterocycles. The Labute approximate surface area is 167 Å². The lowest BCUT2D eigenvalue weighted by Gasteiger charge is -2.18. The number of nitrogens with zero attached hydrogens (tertiary/aromatic N) is 2. The molecule has 5 heteroatoms. The highest BCUT2D eigenvalue weighted by Crippen LogP contribution is 2.30. The van der Waals surface area contributed by atoms with E-state index in [4.69, 9.17) is 4.74 Å². The van der Waals surface area contributed by atoms with Gasteiger partial charge >= 0.3 is 0 Å². The van der Waals surface area contributed by atoms with Gasteiger partial charge in [-0.15, -0.1) is 0 Å². The van der Waals surface area contributed by atoms with Crippen molar-refractivity contribution < 1.29 is 9.84 Å². The quantitative estimate of drug-likeness (QED) is 0.512. The van der Waals surface area contributed by atoms with E-state index < -0.39 is 0 Å². The highest BCUT2D eigenvalue weighted by atomic mass is 16.5. The molecule has 0 spiro atoms. The number of aromatic hydroxyl groups is 1. The van der Waals surface area contributed by atoms with E-state index in [1.165, 1.54) is 19.3 Å². The first-order valence-electron chi connectivity index (χ1n) is 10.6. The third-order valence-corrected chi connectivity index (χ3v) is 5.70. The van der Waals surface area contributed by atoms with Crippen molar-refractivity contribution in [2.75, 3.05) is 7.11 Å². The summed E-state index contributed by atoms with van der Waals surface area (Å²) < 4.78 is 7.11. The first-order chi connectivity index (χ1) is 13.7. The van der Waals surface area contributed by atoms with Crippen LogP contribution >= 0.6 is 0 Å². The Hall–Kier alpha value is -2.30. The zero-order valence-corrected chi connectivity index (χ0v) is 17.1. The number of unbranched alkanes of at least 4 members (excludes halogenated alkanes) is 3. The van der Waals surface area contributed by atoms with Crippen molar-refractivity contribution in [3.8, 4) is 11.5 Å². The molecule has 5 nitrogen and oxygen atoms in total. The standard InChI is InChI=1S/C23H32N2O3/c1-3-4-5-9-14-25-21-13-12-18(28-2)15-19(21)22(26)20(23(25)27)16-24-17-10-7-6-8-11-17/h12-13,15-17,26H,3-11,14H2,1-2H3. The lowest BCUT2D eigenvalue weighted by Crippen LogP contribution is -2.25. The van der Waals surface area contributed by atoms with Gasteiger partial charge in [0.2, 0.25) is 0 Å². The van der Waals surface area contributed by atoms with Crippen LogP contribution in [0.1, 0.15) is 70.3 Å². The minimum absolute atomic E-state index is 0.00303. The molecule has 0 aliphatic heterocycles. The topological polar surface area (TPSA) is 63.8 Å². The van der Waals surface area contributed by atoms with Crippen LogP contribution in [0.3, 0.4) is 0 Å². The predicted molar refractivity (Wildman–Crippen MR) is 115 cm³/mol. The SMILES string of the molecule is CCCCCCn1c(=O)c(C=NC2CCCCC2)c(O)c2cc(OC)ccc21. The second kappa shape index (κ2) is 9.76. The van der Waals surface area contributed by atoms with E-state index in [0.717, 1.165) is 44.0 Å². The fourth-order valence-corrected chi connectivity index (χ4v) is 4.01. The first-order valence-corrected chi connectivity index (χ1v) is 10.6. The first kappa shape index (κ1) is 20.4. The van der Waals surface area contributed by atoms with Crippen molar-refractivity contribution in [3.05, 3.63) is 34.1 Å². The van der Waals surface area contributed by atoms with Gasteiger partial charge in [-0.05, 0) is 37.5 Å². The summed E-state index contributed by atoms with van der Waals surface area (Å²) in [5.74, 6) is 0.664. The highest BCUT2D eigenvalue weighted by Gasteiger charge is 2.17. The van der Waals surface area contributed by atoms with Crippen LogP contribution in [0, 0.1) is 0 Å². The summed E-state index contributed by atoms with van der Waals surface area (Å²) in [5, 5.41) is 11.5. The molecular formula is C23H32N2O3. The predicted octanol–water partition coefficient (Wildman–Crippen LogP) is 5.05. The number of ether oxygens (including phenoxy) is 1. The number of hydrogen-bond acceptors (Lipinski definition) is 4. The van der Waals surface area contributed by atoms with Crippen molar-refractivity contribution in [1.29, 1.82) is 0 Å². The van der Waals surface area contributed by atoms with Crippen LogP contribution in [0.4, 0.5) is 0 Å². The Kier molecular flexibility index (Phi) is 7.12. The van der Waals surface area contributed by atoms with E-state index in [1.54, 1.807) is 24.0 Å². The summed E-state index contributed by atoms with van der Waals surface area (Å²) in [4.78, 5) is 17.8. The largest absolute Gasteiger partial charge is 0.506 e. The lowest BCUT2D eigenvalue weighted by molar-refractivity contribution is 0.415. The molecule has 0 atom stereocenters. The van der Waals surface area contributed by atoms with Gasteiger partial charge in [0, 0.05) is 24.2 Å². The van der Waals surface area contributed by atoms with E-state index in [-0.39, 0.29) is 17.4 Å². The van der Waals surface area contributed by atoms with Gasteiger partial charge in [0.15, 0.2) is 0 Å². The van der Waals surface area contributed by atoms with Crippen LogP contribution in [-0.2, 0) is 6.54 Å². The molecule has 0 unspecified atom stereocenters. The summed E-state index contributed by atoms with van der Waals surface area (Å²) in [5.41, 5.74) is 0.877. The molecule has 0 radical (unpaired) electrons. The zero-order valence-electron chi connectivity index (χ0n) is 17.1. The molecule has 1 aliphatic carbocycles. The minimum Gasteiger partial charge on any atom is -0.506 e. The van der Waals surface area contributed by atoms with Crippen molar-refractivity contribution in [1.82, 2.24) is 4.57 Å². The number of pyridine rings is 1. The lowest BCUT2D eigenvalue weighted by atomic mass is 9.96. The van der Waals surface area contributed by atoms with Gasteiger partial charge in [-0.3, -0.25) is 9.79 Å². The van der Waals surface area contributed by atoms with E-state index in [9.17, 15) is 9.90 Å². The van der Waals surface area contributed by atoms with Crippen LogP contribution in [0.5, 0.6) is 11.5 Å². The highest BCUT2D eigenvalue weighted by molar-refractivity contribution is 5.95. The maximum absolute atomic E-state index is 13.2. The number of benzene rings is 1. The van der Waals surface area contributed by atoms with Gasteiger partial charge in [-0.1, -0.05) is 45.4 Å². The van der Waals surface area contributed by atoms with Gasteiger partial charge in [0.25, 0.3) is 5.56 Å². The molecule has 1 heterocycles. The molecule has 1 fully saturated rings. The Morgan fingerprint density at radius 2 is 2.00 bits per heavy atom. The monoisotopic (exact) mass is 384 g/mol. The number of rotatable bonds is 8. The van der Waals surface area contributed by atoms with Gasteiger partial charge in [-0.2, -0.15) is 0 Å². The van der Waals surface area contributed by atoms with E-state index >= 15 is 0 Å². The third-order valence-electron chi connectivity index (χ3n) is 5.70. The molecule has 0 bridgehead atoms. The van der Waals surface area contributed by atoms with Crippen molar-refractivity contribution in [2.24, 2.45) is 4.99 Å². The molecule has 1 N–H and O–H groups in total. The minimum atomic E-state index is -0.161. The molecule has 28 heavy (non-hydrogen) atoms. The van der Waals surface area contributed by atoms with E-state index in [1.807, 2.05) is 12.1 Å². The molecule has 2 aromatic rings. The molecule has 1 aliphatic rings. The van der Waals surface area contributed by atoms with Gasteiger partial charge in [0.1, 0.15) is 17.1 Å². The molecule has 1 aromatic heterocycles. The maximum Gasteiger partial charge on any atom is 0.263 e. The summed E-state index contributed by atoms with van der Waals surface area (Å²) in [6, 6.07) is 5.74. The molecule has 1 aromatic carbocycles. The zero-order chi connectivity index (χ0) is 19.9. The summed E-state index contributed by atoms with van der Waals surface area (Å²) >= 11 is 0. The van der Waals surface area contributed by atoms with Crippen molar-refractivity contribution >= 4 is 17.1 Å². The van der Waals surface area contributed by atoms with E-state index in [2.05, 4.69) is 11.9 Å². The van der Waals surface area contributed by atoms with Crippen LogP contribution in [0.25, 0.3) is 10.9 Å². The number of hydrogen-bond donors (Lipinski definition) is 1. The Balaban J connectivity index is 2.02. The number of aliphatic imine (C=N–C) groups is 1. The Morgan fingerprint density at radius 3 is 2.71 bits per heavy atom. The molecule has 152 valence electrons. The van der Waals surface area contributed by atoms with Crippen molar-refractivity contribution in [3.63, 3.8) is 0 Å². The van der Waals surface area contributed by atoms with Crippen molar-refractivity contribution in [2.45, 2.75) is 77.3 Å². The van der Waals surface area contributed by atoms with Gasteiger partial charge < -0.3 is 14.4 Å². The number of methoxy groups -OCH3 is 1. The van der Waals surface area contributed by atoms with E-state index in [0.29, 0.717) is 23.2 Å². The number of aromatic nitrogens is 1. The van der Waals surface area contributed by atoms with Crippen LogP contribution in [-0.4, -0.2) is 29.0 Å². The fourth-order valence-electron chi connectivity index (χ4n) is 4.01. The van der Waals surface area contributed by atoms with Crippen LogP contribution in [0.15, 0.2) is 28.0 Å². The second-order valence-electron chi connectivity index (χ2n) is 7.73. The average Bonchev–Trinajstić information content (AvgIpc) is 2.73. The number of aryl methyl sites for hydroxylation is 1. The van der Waals surface area contributed by atoms with Crippen LogP contribution < -0.4 is 10.3 Å².